The van der Waals surface area contributed by atoms with Crippen LogP contribution in [0.4, 0.5) is 5.69 Å². The summed E-state index contributed by atoms with van der Waals surface area (Å²) in [4.78, 5) is 11.6. The number of nitrogens with one attached hydrogen (secondary N) is 1. The summed E-state index contributed by atoms with van der Waals surface area (Å²) in [5, 5.41) is 3.37. The minimum atomic E-state index is -3.39. The predicted octanol–water partition coefficient (Wildman–Crippen LogP) is 2.80. The van der Waals surface area contributed by atoms with Crippen LogP contribution < -0.4 is 9.62 Å². The molecule has 22 heavy (non-hydrogen) atoms. The van der Waals surface area contributed by atoms with Gasteiger partial charge in [-0.1, -0.05) is 24.9 Å². The second-order valence-corrected chi connectivity index (χ2v) is 7.46. The summed E-state index contributed by atoms with van der Waals surface area (Å²) in [7, 11) is -3.39. The summed E-state index contributed by atoms with van der Waals surface area (Å²) in [6, 6.07) is 6.61. The zero-order valence-corrected chi connectivity index (χ0v) is 14.6. The smallest absolute Gasteiger partial charge is 0.232 e. The van der Waals surface area contributed by atoms with Gasteiger partial charge in [-0.05, 0) is 37.1 Å². The summed E-state index contributed by atoms with van der Waals surface area (Å²) >= 11 is 5.82. The Labute approximate surface area is 137 Å². The van der Waals surface area contributed by atoms with Crippen LogP contribution in [0.5, 0.6) is 0 Å². The van der Waals surface area contributed by atoms with E-state index >= 15 is 0 Å². The van der Waals surface area contributed by atoms with E-state index in [2.05, 4.69) is 12.2 Å². The minimum absolute atomic E-state index is 0.0435. The van der Waals surface area contributed by atoms with Gasteiger partial charge in [0.2, 0.25) is 15.9 Å². The third-order valence-corrected chi connectivity index (χ3v) is 4.58. The van der Waals surface area contributed by atoms with Crippen molar-refractivity contribution in [2.45, 2.75) is 32.6 Å². The molecule has 1 aromatic rings. The molecule has 0 heterocycles. The molecule has 0 unspecified atom stereocenters. The number of carbonyl (C=O) groups excluding carboxylic acids is 1. The van der Waals surface area contributed by atoms with Gasteiger partial charge in [0.15, 0.2) is 0 Å². The Morgan fingerprint density at radius 1 is 1.23 bits per heavy atom. The topological polar surface area (TPSA) is 66.5 Å². The van der Waals surface area contributed by atoms with Crippen molar-refractivity contribution < 1.29 is 13.2 Å². The van der Waals surface area contributed by atoms with E-state index < -0.39 is 10.0 Å². The molecule has 0 aliphatic rings. The molecule has 0 atom stereocenters. The van der Waals surface area contributed by atoms with Crippen molar-refractivity contribution >= 4 is 33.2 Å². The van der Waals surface area contributed by atoms with Crippen molar-refractivity contribution in [2.24, 2.45) is 0 Å². The number of hydrogen-bond donors (Lipinski definition) is 1. The van der Waals surface area contributed by atoms with Gasteiger partial charge in [0.25, 0.3) is 0 Å². The number of rotatable bonds is 9. The standard InChI is InChI=1S/C15H23ClN2O3S/c1-3-4-11-17-15(19)6-5-12-18(22(2,20)21)14-9-7-13(16)8-10-14/h7-10H,3-6,11-12H2,1-2H3,(H,17,19). The first kappa shape index (κ1) is 18.8. The van der Waals surface area contributed by atoms with Gasteiger partial charge < -0.3 is 5.32 Å². The summed E-state index contributed by atoms with van der Waals surface area (Å²) in [5.41, 5.74) is 0.554. The maximum Gasteiger partial charge on any atom is 0.232 e. The third-order valence-electron chi connectivity index (χ3n) is 3.13. The Morgan fingerprint density at radius 3 is 2.41 bits per heavy atom. The van der Waals surface area contributed by atoms with Gasteiger partial charge in [0.1, 0.15) is 0 Å². The number of sulfonamides is 1. The van der Waals surface area contributed by atoms with Crippen LogP contribution >= 0.6 is 11.6 Å². The molecule has 0 aromatic heterocycles. The van der Waals surface area contributed by atoms with Gasteiger partial charge >= 0.3 is 0 Å². The number of anilines is 1. The quantitative estimate of drug-likeness (QED) is 0.699. The molecule has 0 saturated heterocycles. The molecular weight excluding hydrogens is 324 g/mol. The Morgan fingerprint density at radius 2 is 1.86 bits per heavy atom. The largest absolute Gasteiger partial charge is 0.356 e. The van der Waals surface area contributed by atoms with Crippen LogP contribution in [0.25, 0.3) is 0 Å². The van der Waals surface area contributed by atoms with Crippen LogP contribution in [0.15, 0.2) is 24.3 Å². The number of unbranched alkanes of at least 4 members (excludes halogenated alkanes) is 1. The van der Waals surface area contributed by atoms with Crippen LogP contribution in [0.1, 0.15) is 32.6 Å². The fraction of sp³-hybridized carbons (Fsp3) is 0.533. The molecule has 1 aromatic carbocycles. The van der Waals surface area contributed by atoms with Gasteiger partial charge in [-0.25, -0.2) is 8.42 Å². The maximum atomic E-state index is 11.9. The van der Waals surface area contributed by atoms with E-state index in [1.807, 2.05) is 0 Å². The molecular formula is C15H23ClN2O3S. The highest BCUT2D eigenvalue weighted by atomic mass is 35.5. The second-order valence-electron chi connectivity index (χ2n) is 5.12. The highest BCUT2D eigenvalue weighted by Crippen LogP contribution is 2.20. The Bertz CT molecular complexity index is 573. The summed E-state index contributed by atoms with van der Waals surface area (Å²) in [5.74, 6) is -0.0435. The molecule has 0 radical (unpaired) electrons. The van der Waals surface area contributed by atoms with Gasteiger partial charge in [-0.15, -0.1) is 0 Å². The second kappa shape index (κ2) is 9.00. The van der Waals surface area contributed by atoms with E-state index in [-0.39, 0.29) is 12.5 Å². The Kier molecular flexibility index (Phi) is 7.68. The molecule has 124 valence electrons. The van der Waals surface area contributed by atoms with Crippen LogP contribution in [-0.2, 0) is 14.8 Å². The van der Waals surface area contributed by atoms with Crippen LogP contribution in [-0.4, -0.2) is 33.7 Å². The van der Waals surface area contributed by atoms with Gasteiger partial charge in [-0.2, -0.15) is 0 Å². The number of halogens is 1. The molecule has 0 aliphatic carbocycles. The zero-order chi connectivity index (χ0) is 16.6. The summed E-state index contributed by atoms with van der Waals surface area (Å²) in [6.45, 7) is 2.99. The van der Waals surface area contributed by atoms with Gasteiger partial charge in [0.05, 0.1) is 11.9 Å². The molecule has 0 fully saturated rings. The number of carbonyl (C=O) groups is 1. The summed E-state index contributed by atoms with van der Waals surface area (Å²) < 4.78 is 25.1. The highest BCUT2D eigenvalue weighted by molar-refractivity contribution is 7.92. The van der Waals surface area contributed by atoms with E-state index in [9.17, 15) is 13.2 Å². The molecule has 1 rings (SSSR count). The van der Waals surface area contributed by atoms with Crippen molar-refractivity contribution in [3.05, 3.63) is 29.3 Å². The first-order chi connectivity index (χ1) is 10.3. The lowest BCUT2D eigenvalue weighted by Gasteiger charge is -2.22. The van der Waals surface area contributed by atoms with E-state index in [4.69, 9.17) is 11.6 Å². The third kappa shape index (κ3) is 6.66. The normalized spacial score (nSPS) is 11.2. The van der Waals surface area contributed by atoms with E-state index in [0.29, 0.717) is 30.1 Å². The minimum Gasteiger partial charge on any atom is -0.356 e. The molecule has 1 N–H and O–H groups in total. The molecule has 0 spiro atoms. The SMILES string of the molecule is CCCCNC(=O)CCCN(c1ccc(Cl)cc1)S(C)(=O)=O. The molecule has 0 bridgehead atoms. The number of benzene rings is 1. The average molecular weight is 347 g/mol. The van der Waals surface area contributed by atoms with E-state index in [1.54, 1.807) is 24.3 Å². The fourth-order valence-electron chi connectivity index (χ4n) is 1.97. The lowest BCUT2D eigenvalue weighted by molar-refractivity contribution is -0.121. The Hall–Kier alpha value is -1.27. The average Bonchev–Trinajstić information content (AvgIpc) is 2.44. The number of amides is 1. The van der Waals surface area contributed by atoms with Crippen molar-refractivity contribution in [3.63, 3.8) is 0 Å². The van der Waals surface area contributed by atoms with Crippen molar-refractivity contribution in [3.8, 4) is 0 Å². The molecule has 5 nitrogen and oxygen atoms in total. The monoisotopic (exact) mass is 346 g/mol. The van der Waals surface area contributed by atoms with Crippen LogP contribution in [0.2, 0.25) is 5.02 Å². The fourth-order valence-corrected chi connectivity index (χ4v) is 3.06. The predicted molar refractivity (Wildman–Crippen MR) is 90.8 cm³/mol. The number of nitrogens with zero attached hydrogens (tertiary/aromatic N) is 1. The summed E-state index contributed by atoms with van der Waals surface area (Å²) in [6.07, 6.45) is 3.91. The zero-order valence-electron chi connectivity index (χ0n) is 13.0. The van der Waals surface area contributed by atoms with Crippen LogP contribution in [0.3, 0.4) is 0 Å². The highest BCUT2D eigenvalue weighted by Gasteiger charge is 2.17. The van der Waals surface area contributed by atoms with Crippen LogP contribution in [0, 0.1) is 0 Å². The first-order valence-corrected chi connectivity index (χ1v) is 9.57. The van der Waals surface area contributed by atoms with E-state index in [0.717, 1.165) is 19.1 Å². The van der Waals surface area contributed by atoms with Gasteiger partial charge in [0, 0.05) is 24.5 Å². The molecule has 7 heteroatoms. The van der Waals surface area contributed by atoms with Crippen molar-refractivity contribution in [1.82, 2.24) is 5.32 Å². The lowest BCUT2D eigenvalue weighted by Crippen LogP contribution is -2.32. The van der Waals surface area contributed by atoms with Gasteiger partial charge in [-0.3, -0.25) is 9.10 Å². The molecule has 0 saturated carbocycles. The Balaban J connectivity index is 2.57. The van der Waals surface area contributed by atoms with Crippen molar-refractivity contribution in [2.75, 3.05) is 23.7 Å². The lowest BCUT2D eigenvalue weighted by atomic mass is 10.2. The molecule has 1 amide bonds. The molecule has 0 aliphatic heterocycles. The van der Waals surface area contributed by atoms with E-state index in [1.165, 1.54) is 4.31 Å². The number of hydrogen-bond acceptors (Lipinski definition) is 3. The first-order valence-electron chi connectivity index (χ1n) is 7.34. The maximum absolute atomic E-state index is 11.9. The van der Waals surface area contributed by atoms with Crippen molar-refractivity contribution in [1.29, 1.82) is 0 Å².